The van der Waals surface area contributed by atoms with Gasteiger partial charge in [-0.2, -0.15) is 0 Å². The van der Waals surface area contributed by atoms with Gasteiger partial charge in [0.1, 0.15) is 17.3 Å². The summed E-state index contributed by atoms with van der Waals surface area (Å²) in [6.45, 7) is 7.78. The van der Waals surface area contributed by atoms with E-state index >= 15 is 0 Å². The Hall–Kier alpha value is -2.47. The van der Waals surface area contributed by atoms with Gasteiger partial charge in [-0.1, -0.05) is 31.1 Å². The van der Waals surface area contributed by atoms with Crippen molar-refractivity contribution in [2.24, 2.45) is 5.92 Å². The molecule has 0 atom stereocenters. The van der Waals surface area contributed by atoms with Crippen LogP contribution in [0.15, 0.2) is 41.3 Å². The number of nitrogens with zero attached hydrogens (tertiary/aromatic N) is 4. The SMILES string of the molecule is CC(C)Cn1cncc1CN1CCc2onc(-c3ccccc3F)c2C1. The summed E-state index contributed by atoms with van der Waals surface area (Å²) >= 11 is 0. The molecular weight excluding hydrogens is 331 g/mol. The Balaban J connectivity index is 1.56. The molecule has 136 valence electrons. The van der Waals surface area contributed by atoms with E-state index in [9.17, 15) is 4.39 Å². The Morgan fingerprint density at radius 1 is 1.27 bits per heavy atom. The summed E-state index contributed by atoms with van der Waals surface area (Å²) in [5.41, 5.74) is 3.32. The number of aromatic nitrogens is 3. The van der Waals surface area contributed by atoms with Crippen LogP contribution in [-0.2, 0) is 26.1 Å². The quantitative estimate of drug-likeness (QED) is 0.697. The number of hydrogen-bond acceptors (Lipinski definition) is 4. The molecule has 2 aromatic heterocycles. The first-order valence-electron chi connectivity index (χ1n) is 9.05. The first-order chi connectivity index (χ1) is 12.6. The highest BCUT2D eigenvalue weighted by Gasteiger charge is 2.26. The highest BCUT2D eigenvalue weighted by molar-refractivity contribution is 5.64. The molecule has 0 fully saturated rings. The van der Waals surface area contributed by atoms with E-state index in [1.165, 1.54) is 11.8 Å². The molecule has 5 nitrogen and oxygen atoms in total. The van der Waals surface area contributed by atoms with Crippen LogP contribution in [0.2, 0.25) is 0 Å². The summed E-state index contributed by atoms with van der Waals surface area (Å²) in [5.74, 6) is 1.17. The van der Waals surface area contributed by atoms with Gasteiger partial charge in [-0.25, -0.2) is 9.37 Å². The van der Waals surface area contributed by atoms with Crippen molar-refractivity contribution in [3.8, 4) is 11.3 Å². The van der Waals surface area contributed by atoms with E-state index in [-0.39, 0.29) is 5.82 Å². The van der Waals surface area contributed by atoms with Gasteiger partial charge in [-0.15, -0.1) is 0 Å². The second-order valence-corrected chi connectivity index (χ2v) is 7.30. The Labute approximate surface area is 152 Å². The van der Waals surface area contributed by atoms with Gasteiger partial charge in [0.25, 0.3) is 0 Å². The number of imidazole rings is 1. The summed E-state index contributed by atoms with van der Waals surface area (Å²) in [5, 5.41) is 4.16. The molecule has 26 heavy (non-hydrogen) atoms. The van der Waals surface area contributed by atoms with Crippen LogP contribution in [0.4, 0.5) is 4.39 Å². The largest absolute Gasteiger partial charge is 0.360 e. The van der Waals surface area contributed by atoms with Crippen molar-refractivity contribution >= 4 is 0 Å². The van der Waals surface area contributed by atoms with Gasteiger partial charge in [0.05, 0.1) is 12.0 Å². The molecule has 6 heteroatoms. The molecule has 4 rings (SSSR count). The van der Waals surface area contributed by atoms with Crippen molar-refractivity contribution in [3.05, 3.63) is 59.6 Å². The van der Waals surface area contributed by atoms with Crippen LogP contribution in [0.1, 0.15) is 30.9 Å². The molecule has 0 spiro atoms. The zero-order valence-electron chi connectivity index (χ0n) is 15.2. The second kappa shape index (κ2) is 7.03. The molecule has 0 unspecified atom stereocenters. The normalized spacial score (nSPS) is 14.8. The van der Waals surface area contributed by atoms with Crippen LogP contribution in [0.25, 0.3) is 11.3 Å². The number of hydrogen-bond donors (Lipinski definition) is 0. The van der Waals surface area contributed by atoms with Crippen LogP contribution in [-0.4, -0.2) is 26.2 Å². The van der Waals surface area contributed by atoms with Crippen molar-refractivity contribution in [1.82, 2.24) is 19.6 Å². The first-order valence-corrected chi connectivity index (χ1v) is 9.05. The lowest BCUT2D eigenvalue weighted by atomic mass is 10.0. The molecule has 0 amide bonds. The molecule has 3 aromatic rings. The van der Waals surface area contributed by atoms with Crippen LogP contribution in [0.5, 0.6) is 0 Å². The summed E-state index contributed by atoms with van der Waals surface area (Å²) in [4.78, 5) is 6.65. The van der Waals surface area contributed by atoms with Gasteiger partial charge in [-0.05, 0) is 18.1 Å². The number of fused-ring (bicyclic) bond motifs is 1. The fourth-order valence-corrected chi connectivity index (χ4v) is 3.53. The predicted octanol–water partition coefficient (Wildman–Crippen LogP) is 3.89. The molecule has 3 heterocycles. The van der Waals surface area contributed by atoms with E-state index in [4.69, 9.17) is 4.52 Å². The lowest BCUT2D eigenvalue weighted by molar-refractivity contribution is 0.222. The van der Waals surface area contributed by atoms with Gasteiger partial charge in [0.2, 0.25) is 0 Å². The monoisotopic (exact) mass is 354 g/mol. The van der Waals surface area contributed by atoms with Gasteiger partial charge in [-0.3, -0.25) is 4.90 Å². The van der Waals surface area contributed by atoms with E-state index in [1.54, 1.807) is 12.1 Å². The second-order valence-electron chi connectivity index (χ2n) is 7.30. The zero-order valence-corrected chi connectivity index (χ0v) is 15.2. The van der Waals surface area contributed by atoms with E-state index in [1.807, 2.05) is 18.6 Å². The summed E-state index contributed by atoms with van der Waals surface area (Å²) in [6, 6.07) is 6.73. The van der Waals surface area contributed by atoms with Gasteiger partial charge in [0.15, 0.2) is 0 Å². The molecule has 1 aromatic carbocycles. The molecule has 1 aliphatic rings. The fraction of sp³-hybridized carbons (Fsp3) is 0.400. The standard InChI is InChI=1S/C20H23FN4O/c1-14(2)10-25-13-22-9-15(25)11-24-8-7-19-17(12-24)20(23-26-19)16-5-3-4-6-18(16)21/h3-6,9,13-14H,7-8,10-12H2,1-2H3. The van der Waals surface area contributed by atoms with E-state index < -0.39 is 0 Å². The molecule has 0 radical (unpaired) electrons. The highest BCUT2D eigenvalue weighted by Crippen LogP contribution is 2.31. The molecule has 1 aliphatic heterocycles. The van der Waals surface area contributed by atoms with Gasteiger partial charge >= 0.3 is 0 Å². The van der Waals surface area contributed by atoms with Crippen LogP contribution >= 0.6 is 0 Å². The summed E-state index contributed by atoms with van der Waals surface area (Å²) < 4.78 is 21.9. The number of benzene rings is 1. The maximum atomic E-state index is 14.2. The molecule has 0 saturated carbocycles. The van der Waals surface area contributed by atoms with Gasteiger partial charge in [0, 0.05) is 49.9 Å². The lowest BCUT2D eigenvalue weighted by Crippen LogP contribution is -2.30. The van der Waals surface area contributed by atoms with Crippen molar-refractivity contribution in [3.63, 3.8) is 0 Å². The smallest absolute Gasteiger partial charge is 0.143 e. The van der Waals surface area contributed by atoms with E-state index in [0.717, 1.165) is 37.4 Å². The average Bonchev–Trinajstić information content (AvgIpc) is 3.22. The Morgan fingerprint density at radius 2 is 2.12 bits per heavy atom. The van der Waals surface area contributed by atoms with Crippen LogP contribution < -0.4 is 0 Å². The highest BCUT2D eigenvalue weighted by atomic mass is 19.1. The lowest BCUT2D eigenvalue weighted by Gasteiger charge is -2.26. The summed E-state index contributed by atoms with van der Waals surface area (Å²) in [7, 11) is 0. The van der Waals surface area contributed by atoms with Crippen LogP contribution in [0.3, 0.4) is 0 Å². The number of rotatable bonds is 5. The molecule has 0 bridgehead atoms. The third-order valence-corrected chi connectivity index (χ3v) is 4.78. The minimum Gasteiger partial charge on any atom is -0.360 e. The minimum atomic E-state index is -0.268. The molecule has 0 aliphatic carbocycles. The predicted molar refractivity (Wildman–Crippen MR) is 96.8 cm³/mol. The van der Waals surface area contributed by atoms with Crippen molar-refractivity contribution in [2.45, 2.75) is 39.9 Å². The first kappa shape index (κ1) is 17.0. The minimum absolute atomic E-state index is 0.268. The van der Waals surface area contributed by atoms with Crippen LogP contribution in [0, 0.1) is 11.7 Å². The van der Waals surface area contributed by atoms with Crippen molar-refractivity contribution in [2.75, 3.05) is 6.54 Å². The maximum Gasteiger partial charge on any atom is 0.143 e. The van der Waals surface area contributed by atoms with E-state index in [0.29, 0.717) is 23.7 Å². The molecular formula is C20H23FN4O. The number of halogens is 1. The zero-order chi connectivity index (χ0) is 18.1. The topological polar surface area (TPSA) is 47.1 Å². The summed E-state index contributed by atoms with van der Waals surface area (Å²) in [6.07, 6.45) is 4.62. The third-order valence-electron chi connectivity index (χ3n) is 4.78. The molecule has 0 N–H and O–H groups in total. The maximum absolute atomic E-state index is 14.2. The third kappa shape index (κ3) is 3.29. The Bertz CT molecular complexity index is 899. The Kier molecular flexibility index (Phi) is 4.59. The van der Waals surface area contributed by atoms with Gasteiger partial charge < -0.3 is 9.09 Å². The fourth-order valence-electron chi connectivity index (χ4n) is 3.53. The molecule has 0 saturated heterocycles. The van der Waals surface area contributed by atoms with Crippen molar-refractivity contribution in [1.29, 1.82) is 0 Å². The Morgan fingerprint density at radius 3 is 2.92 bits per heavy atom. The average molecular weight is 354 g/mol. The van der Waals surface area contributed by atoms with E-state index in [2.05, 4.69) is 33.5 Å². The van der Waals surface area contributed by atoms with Crippen molar-refractivity contribution < 1.29 is 8.91 Å².